The zero-order valence-corrected chi connectivity index (χ0v) is 10.9. The van der Waals surface area contributed by atoms with Gasteiger partial charge >= 0.3 is 11.9 Å². The summed E-state index contributed by atoms with van der Waals surface area (Å²) in [6.07, 6.45) is 2.87. The number of carboxylic acid groups (broad SMARTS) is 2. The third kappa shape index (κ3) is 77.9. The van der Waals surface area contributed by atoms with Crippen molar-refractivity contribution >= 4 is 11.9 Å². The van der Waals surface area contributed by atoms with Gasteiger partial charge < -0.3 is 14.9 Å². The highest BCUT2D eigenvalue weighted by Gasteiger charge is 2.00. The maximum atomic E-state index is 9.64. The number of methoxy groups -OCH3 is 1. The SMILES string of the molecule is C=C(C)C.CC=COC.O=C(O)CCC(=O)O. The van der Waals surface area contributed by atoms with Crippen molar-refractivity contribution in [3.8, 4) is 0 Å². The second kappa shape index (κ2) is 16.6. The molecule has 5 nitrogen and oxygen atoms in total. The molecule has 0 radical (unpaired) electrons. The lowest BCUT2D eigenvalue weighted by Crippen LogP contribution is -2.00. The molecule has 0 bridgehead atoms. The molecule has 0 aliphatic carbocycles. The average molecular weight is 246 g/mol. The molecule has 0 saturated heterocycles. The van der Waals surface area contributed by atoms with Gasteiger partial charge in [0.05, 0.1) is 26.2 Å². The summed E-state index contributed by atoms with van der Waals surface area (Å²) in [6.45, 7) is 9.41. The molecule has 0 unspecified atom stereocenters. The summed E-state index contributed by atoms with van der Waals surface area (Å²) in [4.78, 5) is 19.3. The van der Waals surface area contributed by atoms with Gasteiger partial charge in [0.15, 0.2) is 0 Å². The molecule has 0 fully saturated rings. The smallest absolute Gasteiger partial charge is 0.303 e. The normalized spacial score (nSPS) is 8.24. The zero-order valence-electron chi connectivity index (χ0n) is 10.9. The minimum Gasteiger partial charge on any atom is -0.505 e. The summed E-state index contributed by atoms with van der Waals surface area (Å²) in [5, 5.41) is 15.8. The van der Waals surface area contributed by atoms with E-state index in [1.807, 2.05) is 26.8 Å². The Kier molecular flexibility index (Phi) is 20.2. The first kappa shape index (κ1) is 20.6. The minimum absolute atomic E-state index is 0.296. The van der Waals surface area contributed by atoms with E-state index in [1.54, 1.807) is 13.4 Å². The Labute approximate surface area is 102 Å². The van der Waals surface area contributed by atoms with E-state index in [1.165, 1.54) is 5.57 Å². The van der Waals surface area contributed by atoms with E-state index in [2.05, 4.69) is 11.3 Å². The number of allylic oxidation sites excluding steroid dienone is 2. The average Bonchev–Trinajstić information content (AvgIpc) is 2.16. The van der Waals surface area contributed by atoms with Crippen molar-refractivity contribution in [2.45, 2.75) is 33.6 Å². The van der Waals surface area contributed by atoms with E-state index in [-0.39, 0.29) is 12.8 Å². The summed E-state index contributed by atoms with van der Waals surface area (Å²) in [6, 6.07) is 0. The Balaban J connectivity index is -0.000000188. The van der Waals surface area contributed by atoms with Crippen molar-refractivity contribution in [2.75, 3.05) is 7.11 Å². The van der Waals surface area contributed by atoms with E-state index < -0.39 is 11.9 Å². The second-order valence-corrected chi connectivity index (χ2v) is 3.20. The highest BCUT2D eigenvalue weighted by molar-refractivity contribution is 5.75. The van der Waals surface area contributed by atoms with Crippen LogP contribution in [-0.2, 0) is 14.3 Å². The van der Waals surface area contributed by atoms with Crippen molar-refractivity contribution in [3.63, 3.8) is 0 Å². The molecular formula is C12H22O5. The van der Waals surface area contributed by atoms with E-state index in [0.29, 0.717) is 0 Å². The number of aliphatic carboxylic acids is 2. The standard InChI is InChI=1S/C4H6O4.C4H8O.C4H8/c5-3(6)1-2-4(7)8;1-3-4-5-2;1-4(2)3/h1-2H2,(H,5,6)(H,7,8);3-4H,1-2H3;1H2,2-3H3. The molecule has 0 heterocycles. The Morgan fingerprint density at radius 1 is 1.18 bits per heavy atom. The molecule has 0 rings (SSSR count). The third-order valence-corrected chi connectivity index (χ3v) is 0.825. The fourth-order valence-electron chi connectivity index (χ4n) is 0.350. The van der Waals surface area contributed by atoms with Gasteiger partial charge in [-0.2, -0.15) is 0 Å². The lowest BCUT2D eigenvalue weighted by molar-refractivity contribution is -0.143. The molecule has 0 aliphatic heterocycles. The Morgan fingerprint density at radius 2 is 1.47 bits per heavy atom. The molecule has 0 amide bonds. The largest absolute Gasteiger partial charge is 0.505 e. The predicted molar refractivity (Wildman–Crippen MR) is 66.8 cm³/mol. The Bertz CT molecular complexity index is 225. The summed E-state index contributed by atoms with van der Waals surface area (Å²) in [5.41, 5.74) is 1.17. The number of hydrogen-bond donors (Lipinski definition) is 2. The lowest BCUT2D eigenvalue weighted by atomic mass is 10.3. The van der Waals surface area contributed by atoms with E-state index in [0.717, 1.165) is 0 Å². The molecule has 100 valence electrons. The molecule has 17 heavy (non-hydrogen) atoms. The highest BCUT2D eigenvalue weighted by Crippen LogP contribution is 1.86. The van der Waals surface area contributed by atoms with Gasteiger partial charge in [-0.05, 0) is 20.8 Å². The maximum Gasteiger partial charge on any atom is 0.303 e. The molecule has 0 aromatic rings. The molecule has 0 atom stereocenters. The zero-order chi connectivity index (χ0) is 14.3. The van der Waals surface area contributed by atoms with Crippen molar-refractivity contribution in [3.05, 3.63) is 24.5 Å². The predicted octanol–water partition coefficient (Wildman–Crippen LogP) is 2.68. The van der Waals surface area contributed by atoms with Crippen molar-refractivity contribution < 1.29 is 24.5 Å². The van der Waals surface area contributed by atoms with Gasteiger partial charge in [0.2, 0.25) is 0 Å². The quantitative estimate of drug-likeness (QED) is 0.588. The number of carboxylic acids is 2. The third-order valence-electron chi connectivity index (χ3n) is 0.825. The molecule has 0 aliphatic rings. The number of ether oxygens (including phenoxy) is 1. The first-order valence-corrected chi connectivity index (χ1v) is 4.97. The summed E-state index contributed by atoms with van der Waals surface area (Å²) < 4.78 is 4.51. The molecule has 0 aromatic heterocycles. The fourth-order valence-corrected chi connectivity index (χ4v) is 0.350. The fraction of sp³-hybridized carbons (Fsp3) is 0.500. The van der Waals surface area contributed by atoms with Crippen molar-refractivity contribution in [1.82, 2.24) is 0 Å². The van der Waals surface area contributed by atoms with Crippen LogP contribution in [0.1, 0.15) is 33.6 Å². The minimum atomic E-state index is -1.08. The summed E-state index contributed by atoms with van der Waals surface area (Å²) in [7, 11) is 1.62. The topological polar surface area (TPSA) is 83.8 Å². The van der Waals surface area contributed by atoms with Crippen LogP contribution in [0.2, 0.25) is 0 Å². The first-order chi connectivity index (χ1) is 7.77. The van der Waals surface area contributed by atoms with Crippen LogP contribution in [-0.4, -0.2) is 29.3 Å². The maximum absolute atomic E-state index is 9.64. The molecular weight excluding hydrogens is 224 g/mol. The van der Waals surface area contributed by atoms with Crippen LogP contribution in [0.4, 0.5) is 0 Å². The first-order valence-electron chi connectivity index (χ1n) is 4.97. The Morgan fingerprint density at radius 3 is 1.53 bits per heavy atom. The second-order valence-electron chi connectivity index (χ2n) is 3.20. The summed E-state index contributed by atoms with van der Waals surface area (Å²) >= 11 is 0. The monoisotopic (exact) mass is 246 g/mol. The van der Waals surface area contributed by atoms with Crippen molar-refractivity contribution in [1.29, 1.82) is 0 Å². The number of hydrogen-bond acceptors (Lipinski definition) is 3. The van der Waals surface area contributed by atoms with Crippen LogP contribution < -0.4 is 0 Å². The molecule has 0 spiro atoms. The summed E-state index contributed by atoms with van der Waals surface area (Å²) in [5.74, 6) is -2.15. The van der Waals surface area contributed by atoms with Crippen LogP contribution in [0.5, 0.6) is 0 Å². The van der Waals surface area contributed by atoms with Crippen LogP contribution in [0.15, 0.2) is 24.5 Å². The van der Waals surface area contributed by atoms with Crippen LogP contribution in [0.3, 0.4) is 0 Å². The molecule has 2 N–H and O–H groups in total. The van der Waals surface area contributed by atoms with Gasteiger partial charge in [0.25, 0.3) is 0 Å². The van der Waals surface area contributed by atoms with Crippen LogP contribution in [0.25, 0.3) is 0 Å². The highest BCUT2D eigenvalue weighted by atomic mass is 16.5. The molecule has 0 saturated carbocycles. The Hall–Kier alpha value is -1.78. The van der Waals surface area contributed by atoms with Crippen LogP contribution in [0, 0.1) is 0 Å². The van der Waals surface area contributed by atoms with E-state index >= 15 is 0 Å². The van der Waals surface area contributed by atoms with E-state index in [4.69, 9.17) is 10.2 Å². The van der Waals surface area contributed by atoms with E-state index in [9.17, 15) is 9.59 Å². The van der Waals surface area contributed by atoms with Gasteiger partial charge in [-0.1, -0.05) is 11.6 Å². The van der Waals surface area contributed by atoms with Gasteiger partial charge in [0.1, 0.15) is 0 Å². The number of rotatable bonds is 4. The van der Waals surface area contributed by atoms with Crippen LogP contribution >= 0.6 is 0 Å². The van der Waals surface area contributed by atoms with Gasteiger partial charge in [-0.25, -0.2) is 0 Å². The van der Waals surface area contributed by atoms with Crippen molar-refractivity contribution in [2.24, 2.45) is 0 Å². The van der Waals surface area contributed by atoms with Gasteiger partial charge in [0, 0.05) is 0 Å². The molecule has 5 heteroatoms. The lowest BCUT2D eigenvalue weighted by Gasteiger charge is -1.85. The number of carbonyl (C=O) groups is 2. The molecule has 0 aromatic carbocycles. The van der Waals surface area contributed by atoms with Gasteiger partial charge in [-0.3, -0.25) is 9.59 Å². The van der Waals surface area contributed by atoms with Gasteiger partial charge in [-0.15, -0.1) is 6.58 Å².